The van der Waals surface area contributed by atoms with Gasteiger partial charge in [0, 0.05) is 45.7 Å². The maximum absolute atomic E-state index is 12.6. The molecule has 2 aromatic heterocycles. The topological polar surface area (TPSA) is 65.7 Å². The molecular weight excluding hydrogens is 386 g/mol. The maximum Gasteiger partial charge on any atom is 0.236 e. The highest BCUT2D eigenvalue weighted by Crippen LogP contribution is 2.21. The summed E-state index contributed by atoms with van der Waals surface area (Å²) in [6.07, 6.45) is 6.68. The Morgan fingerprint density at radius 2 is 1.79 bits per heavy atom. The second-order valence-corrected chi connectivity index (χ2v) is 8.95. The van der Waals surface area contributed by atoms with E-state index < -0.39 is 0 Å². The van der Waals surface area contributed by atoms with Crippen molar-refractivity contribution in [3.8, 4) is 10.7 Å². The van der Waals surface area contributed by atoms with E-state index in [4.69, 9.17) is 4.52 Å². The smallest absolute Gasteiger partial charge is 0.236 e. The molecule has 0 saturated carbocycles. The molecule has 158 valence electrons. The molecule has 0 aliphatic carbocycles. The van der Waals surface area contributed by atoms with Gasteiger partial charge in [-0.25, -0.2) is 0 Å². The van der Waals surface area contributed by atoms with E-state index in [1.165, 1.54) is 12.8 Å². The minimum absolute atomic E-state index is 0.318. The summed E-state index contributed by atoms with van der Waals surface area (Å²) in [7, 11) is 0. The first kappa shape index (κ1) is 20.5. The van der Waals surface area contributed by atoms with Crippen LogP contribution < -0.4 is 0 Å². The lowest BCUT2D eigenvalue weighted by Crippen LogP contribution is -2.50. The molecule has 29 heavy (non-hydrogen) atoms. The predicted molar refractivity (Wildman–Crippen MR) is 114 cm³/mol. The Bertz CT molecular complexity index is 747. The zero-order chi connectivity index (χ0) is 19.9. The summed E-state index contributed by atoms with van der Waals surface area (Å²) in [5, 5.41) is 6.09. The third-order valence-corrected chi connectivity index (χ3v) is 6.72. The molecule has 1 amide bonds. The molecular formula is C21H31N5O2S. The van der Waals surface area contributed by atoms with Gasteiger partial charge in [0.1, 0.15) is 0 Å². The van der Waals surface area contributed by atoms with Crippen LogP contribution >= 0.6 is 11.3 Å². The van der Waals surface area contributed by atoms with Crippen molar-refractivity contribution < 1.29 is 9.32 Å². The fourth-order valence-electron chi connectivity index (χ4n) is 4.10. The summed E-state index contributed by atoms with van der Waals surface area (Å²) in [5.41, 5.74) is 0. The van der Waals surface area contributed by atoms with Crippen LogP contribution in [0.2, 0.25) is 0 Å². The van der Waals surface area contributed by atoms with E-state index in [0.717, 1.165) is 82.3 Å². The van der Waals surface area contributed by atoms with Crippen LogP contribution in [0.4, 0.5) is 0 Å². The fourth-order valence-corrected chi connectivity index (χ4v) is 4.75. The molecule has 4 rings (SSSR count). The Hall–Kier alpha value is -1.77. The van der Waals surface area contributed by atoms with E-state index in [0.29, 0.717) is 18.3 Å². The molecule has 4 heterocycles. The molecule has 2 fully saturated rings. The lowest BCUT2D eigenvalue weighted by molar-refractivity contribution is -0.132. The van der Waals surface area contributed by atoms with Crippen molar-refractivity contribution in [3.05, 3.63) is 23.4 Å². The number of nitrogens with zero attached hydrogens (tertiary/aromatic N) is 5. The zero-order valence-corrected chi connectivity index (χ0v) is 17.9. The van der Waals surface area contributed by atoms with Crippen LogP contribution in [0.5, 0.6) is 0 Å². The summed E-state index contributed by atoms with van der Waals surface area (Å²) >= 11 is 1.63. The number of carbonyl (C=O) groups excluding carboxylic acids is 1. The second-order valence-electron chi connectivity index (χ2n) is 8.01. The van der Waals surface area contributed by atoms with E-state index in [1.807, 2.05) is 17.5 Å². The number of likely N-dealkylation sites (tertiary alicyclic amines) is 1. The molecule has 0 unspecified atom stereocenters. The van der Waals surface area contributed by atoms with Gasteiger partial charge in [0.2, 0.25) is 17.6 Å². The van der Waals surface area contributed by atoms with Crippen molar-refractivity contribution in [2.24, 2.45) is 0 Å². The lowest BCUT2D eigenvalue weighted by Gasteiger charge is -2.35. The van der Waals surface area contributed by atoms with Gasteiger partial charge in [0.25, 0.3) is 0 Å². The Balaban J connectivity index is 1.13. The third kappa shape index (κ3) is 5.87. The van der Waals surface area contributed by atoms with Crippen LogP contribution in [-0.4, -0.2) is 83.1 Å². The third-order valence-electron chi connectivity index (χ3n) is 5.86. The summed E-state index contributed by atoms with van der Waals surface area (Å²) < 4.78 is 5.38. The lowest BCUT2D eigenvalue weighted by atomic mass is 10.2. The van der Waals surface area contributed by atoms with Crippen molar-refractivity contribution in [3.63, 3.8) is 0 Å². The minimum atomic E-state index is 0.318. The molecule has 2 aliphatic rings. The van der Waals surface area contributed by atoms with Gasteiger partial charge in [-0.2, -0.15) is 4.98 Å². The summed E-state index contributed by atoms with van der Waals surface area (Å²) in [5.74, 6) is 1.73. The van der Waals surface area contributed by atoms with Crippen molar-refractivity contribution in [2.75, 3.05) is 52.4 Å². The SMILES string of the molecule is O=C(CN1CCN(CCCc2nc(-c3cccs3)no2)CC1)N1CCCCCC1. The monoisotopic (exact) mass is 417 g/mol. The molecule has 0 N–H and O–H groups in total. The number of aryl methyl sites for hydroxylation is 1. The van der Waals surface area contributed by atoms with Gasteiger partial charge in [-0.1, -0.05) is 24.1 Å². The molecule has 7 nitrogen and oxygen atoms in total. The van der Waals surface area contributed by atoms with Crippen LogP contribution in [0, 0.1) is 0 Å². The highest BCUT2D eigenvalue weighted by Gasteiger charge is 2.22. The summed E-state index contributed by atoms with van der Waals surface area (Å²) in [4.78, 5) is 25.0. The fraction of sp³-hybridized carbons (Fsp3) is 0.667. The molecule has 8 heteroatoms. The Morgan fingerprint density at radius 1 is 1.03 bits per heavy atom. The molecule has 2 aliphatic heterocycles. The van der Waals surface area contributed by atoms with Crippen molar-refractivity contribution in [1.82, 2.24) is 24.8 Å². The van der Waals surface area contributed by atoms with Crippen molar-refractivity contribution in [2.45, 2.75) is 38.5 Å². The molecule has 0 spiro atoms. The van der Waals surface area contributed by atoms with E-state index in [9.17, 15) is 4.79 Å². The first-order chi connectivity index (χ1) is 14.3. The Kier molecular flexibility index (Phi) is 7.29. The van der Waals surface area contributed by atoms with Gasteiger partial charge < -0.3 is 14.3 Å². The number of carbonyl (C=O) groups is 1. The highest BCUT2D eigenvalue weighted by molar-refractivity contribution is 7.13. The standard InChI is InChI=1S/C21H31N5O2S/c27-20(26-10-3-1-2-4-11-26)17-25-14-12-24(13-15-25)9-5-8-19-22-21(23-28-19)18-7-6-16-29-18/h6-7,16H,1-5,8-15,17H2. The maximum atomic E-state index is 12.6. The highest BCUT2D eigenvalue weighted by atomic mass is 32.1. The van der Waals surface area contributed by atoms with Gasteiger partial charge in [-0.3, -0.25) is 9.69 Å². The minimum Gasteiger partial charge on any atom is -0.342 e. The number of hydrogen-bond acceptors (Lipinski definition) is 7. The van der Waals surface area contributed by atoms with Gasteiger partial charge in [0.15, 0.2) is 0 Å². The van der Waals surface area contributed by atoms with E-state index in [2.05, 4.69) is 24.8 Å². The predicted octanol–water partition coefficient (Wildman–Crippen LogP) is 2.75. The number of thiophene rings is 1. The van der Waals surface area contributed by atoms with E-state index in [-0.39, 0.29) is 0 Å². The first-order valence-electron chi connectivity index (χ1n) is 10.9. The number of hydrogen-bond donors (Lipinski definition) is 0. The van der Waals surface area contributed by atoms with Crippen LogP contribution in [0.25, 0.3) is 10.7 Å². The average molecular weight is 418 g/mol. The molecule has 0 aromatic carbocycles. The normalized spacial score (nSPS) is 19.4. The van der Waals surface area contributed by atoms with Crippen LogP contribution in [0.1, 0.15) is 38.0 Å². The number of piperazine rings is 1. The molecule has 2 aromatic rings. The Morgan fingerprint density at radius 3 is 2.52 bits per heavy atom. The quantitative estimate of drug-likeness (QED) is 0.690. The van der Waals surface area contributed by atoms with E-state index in [1.54, 1.807) is 11.3 Å². The van der Waals surface area contributed by atoms with Crippen molar-refractivity contribution >= 4 is 17.2 Å². The number of rotatable bonds is 7. The number of amides is 1. The average Bonchev–Trinajstić information content (AvgIpc) is 3.35. The van der Waals surface area contributed by atoms with Crippen molar-refractivity contribution in [1.29, 1.82) is 0 Å². The molecule has 0 atom stereocenters. The van der Waals surface area contributed by atoms with Crippen LogP contribution in [0.15, 0.2) is 22.0 Å². The van der Waals surface area contributed by atoms with E-state index >= 15 is 0 Å². The van der Waals surface area contributed by atoms with Gasteiger partial charge >= 0.3 is 0 Å². The van der Waals surface area contributed by atoms with Gasteiger partial charge in [-0.05, 0) is 37.3 Å². The largest absolute Gasteiger partial charge is 0.342 e. The summed E-state index contributed by atoms with van der Waals surface area (Å²) in [6.45, 7) is 7.51. The van der Waals surface area contributed by atoms with Crippen LogP contribution in [0.3, 0.4) is 0 Å². The Labute approximate surface area is 176 Å². The second kappa shape index (κ2) is 10.3. The number of aromatic nitrogens is 2. The van der Waals surface area contributed by atoms with Gasteiger partial charge in [0.05, 0.1) is 11.4 Å². The first-order valence-corrected chi connectivity index (χ1v) is 11.7. The molecule has 0 radical (unpaired) electrons. The molecule has 2 saturated heterocycles. The summed E-state index contributed by atoms with van der Waals surface area (Å²) in [6, 6.07) is 4.01. The van der Waals surface area contributed by atoms with Crippen LogP contribution in [-0.2, 0) is 11.2 Å². The zero-order valence-electron chi connectivity index (χ0n) is 17.1. The van der Waals surface area contributed by atoms with Gasteiger partial charge in [-0.15, -0.1) is 11.3 Å². The molecule has 0 bridgehead atoms.